The van der Waals surface area contributed by atoms with Gasteiger partial charge in [0.25, 0.3) is 5.69 Å². The molecule has 0 fully saturated rings. The summed E-state index contributed by atoms with van der Waals surface area (Å²) >= 11 is 0. The number of hydrogen-bond donors (Lipinski definition) is 2. The summed E-state index contributed by atoms with van der Waals surface area (Å²) in [7, 11) is 0. The standard InChI is InChI=1S/C30H27N3O9/c1-19-26(29(37)41-18-20-8-3-2-4-9-20)27(31-30(38)32(19)17-7-12-25(34)35)23-10-5-6-11-24(23)42-28(36)21-13-15-22(16-14-21)33(39)40/h2-6,8-11,13-16,27H,7,12,17-18H2,1H3,(H,31,38)(H,34,35). The van der Waals surface area contributed by atoms with E-state index in [9.17, 15) is 29.3 Å². The first-order valence-corrected chi connectivity index (χ1v) is 12.9. The van der Waals surface area contributed by atoms with Gasteiger partial charge in [-0.3, -0.25) is 19.8 Å². The third-order valence-corrected chi connectivity index (χ3v) is 6.55. The molecule has 1 aliphatic rings. The molecule has 1 heterocycles. The van der Waals surface area contributed by atoms with Crippen molar-refractivity contribution in [2.75, 3.05) is 6.54 Å². The molecular weight excluding hydrogens is 546 g/mol. The van der Waals surface area contributed by atoms with Crippen LogP contribution in [0.2, 0.25) is 0 Å². The molecule has 0 saturated carbocycles. The van der Waals surface area contributed by atoms with E-state index in [-0.39, 0.29) is 59.8 Å². The minimum Gasteiger partial charge on any atom is -0.481 e. The Bertz CT molecular complexity index is 1540. The monoisotopic (exact) mass is 573 g/mol. The number of esters is 2. The first kappa shape index (κ1) is 29.5. The number of nitrogens with zero attached hydrogens (tertiary/aromatic N) is 2. The van der Waals surface area contributed by atoms with Gasteiger partial charge in [-0.1, -0.05) is 48.5 Å². The molecule has 42 heavy (non-hydrogen) atoms. The van der Waals surface area contributed by atoms with Gasteiger partial charge in [-0.15, -0.1) is 0 Å². The number of urea groups is 1. The maximum absolute atomic E-state index is 13.5. The number of ether oxygens (including phenoxy) is 2. The lowest BCUT2D eigenvalue weighted by molar-refractivity contribution is -0.384. The molecule has 1 unspecified atom stereocenters. The van der Waals surface area contributed by atoms with Gasteiger partial charge in [0.2, 0.25) is 0 Å². The summed E-state index contributed by atoms with van der Waals surface area (Å²) in [6.07, 6.45) is -0.0176. The Labute approximate surface area is 240 Å². The molecule has 2 N–H and O–H groups in total. The maximum Gasteiger partial charge on any atom is 0.343 e. The summed E-state index contributed by atoms with van der Waals surface area (Å²) in [5.74, 6) is -2.49. The van der Waals surface area contributed by atoms with Gasteiger partial charge in [-0.05, 0) is 37.1 Å². The maximum atomic E-state index is 13.5. The zero-order chi connectivity index (χ0) is 30.2. The number of carboxylic acid groups (broad SMARTS) is 1. The Kier molecular flexibility index (Phi) is 9.28. The van der Waals surface area contributed by atoms with Gasteiger partial charge in [0.15, 0.2) is 0 Å². The number of nitrogens with one attached hydrogen (secondary N) is 1. The molecule has 0 aliphatic carbocycles. The van der Waals surface area contributed by atoms with Crippen molar-refractivity contribution in [3.63, 3.8) is 0 Å². The molecule has 3 aromatic carbocycles. The molecule has 1 atom stereocenters. The van der Waals surface area contributed by atoms with Crippen molar-refractivity contribution in [2.45, 2.75) is 32.4 Å². The van der Waals surface area contributed by atoms with Crippen LogP contribution >= 0.6 is 0 Å². The molecule has 4 rings (SSSR count). The van der Waals surface area contributed by atoms with Crippen LogP contribution in [-0.2, 0) is 20.9 Å². The fourth-order valence-electron chi connectivity index (χ4n) is 4.43. The van der Waals surface area contributed by atoms with Crippen molar-refractivity contribution < 1.29 is 38.7 Å². The highest BCUT2D eigenvalue weighted by Crippen LogP contribution is 2.36. The first-order chi connectivity index (χ1) is 20.2. The van der Waals surface area contributed by atoms with Crippen molar-refractivity contribution >= 4 is 29.6 Å². The summed E-state index contributed by atoms with van der Waals surface area (Å²) in [6, 6.07) is 18.6. The highest BCUT2D eigenvalue weighted by molar-refractivity contribution is 5.96. The van der Waals surface area contributed by atoms with Gasteiger partial charge < -0.3 is 19.9 Å². The Morgan fingerprint density at radius 3 is 2.31 bits per heavy atom. The van der Waals surface area contributed by atoms with Crippen LogP contribution in [0.4, 0.5) is 10.5 Å². The molecular formula is C30H27N3O9. The second-order valence-electron chi connectivity index (χ2n) is 9.32. The number of para-hydroxylation sites is 1. The van der Waals surface area contributed by atoms with E-state index >= 15 is 0 Å². The van der Waals surface area contributed by atoms with E-state index in [0.29, 0.717) is 0 Å². The second kappa shape index (κ2) is 13.2. The Balaban J connectivity index is 1.66. The smallest absolute Gasteiger partial charge is 0.343 e. The van der Waals surface area contributed by atoms with Crippen molar-refractivity contribution in [3.05, 3.63) is 117 Å². The summed E-state index contributed by atoms with van der Waals surface area (Å²) in [5.41, 5.74) is 1.25. The third kappa shape index (κ3) is 6.97. The van der Waals surface area contributed by atoms with Crippen LogP contribution < -0.4 is 10.1 Å². The predicted molar refractivity (Wildman–Crippen MR) is 148 cm³/mol. The van der Waals surface area contributed by atoms with E-state index in [0.717, 1.165) is 5.56 Å². The van der Waals surface area contributed by atoms with E-state index in [2.05, 4.69) is 5.32 Å². The van der Waals surface area contributed by atoms with Crippen LogP contribution in [0.1, 0.15) is 47.3 Å². The summed E-state index contributed by atoms with van der Waals surface area (Å²) < 4.78 is 11.2. The fourth-order valence-corrected chi connectivity index (χ4v) is 4.43. The highest BCUT2D eigenvalue weighted by atomic mass is 16.6. The normalized spacial score (nSPS) is 14.6. The van der Waals surface area contributed by atoms with Gasteiger partial charge in [0, 0.05) is 36.4 Å². The molecule has 0 bridgehead atoms. The SMILES string of the molecule is CC1=C(C(=O)OCc2ccccc2)C(c2ccccc2OC(=O)c2ccc([N+](=O)[O-])cc2)NC(=O)N1CCCC(=O)O. The minimum absolute atomic E-state index is 0.0348. The van der Waals surface area contributed by atoms with Crippen LogP contribution in [-0.4, -0.2) is 45.4 Å². The lowest BCUT2D eigenvalue weighted by atomic mass is 9.94. The second-order valence-corrected chi connectivity index (χ2v) is 9.32. The number of aliphatic carboxylic acids is 1. The molecule has 0 radical (unpaired) electrons. The molecule has 0 spiro atoms. The molecule has 12 heteroatoms. The Hall–Kier alpha value is -5.52. The number of amides is 2. The average Bonchev–Trinajstić information content (AvgIpc) is 2.98. The first-order valence-electron chi connectivity index (χ1n) is 12.9. The lowest BCUT2D eigenvalue weighted by Crippen LogP contribution is -2.48. The zero-order valence-electron chi connectivity index (χ0n) is 22.5. The van der Waals surface area contributed by atoms with Crippen molar-refractivity contribution in [2.24, 2.45) is 0 Å². The van der Waals surface area contributed by atoms with Gasteiger partial charge in [-0.25, -0.2) is 14.4 Å². The Morgan fingerprint density at radius 1 is 0.976 bits per heavy atom. The van der Waals surface area contributed by atoms with Gasteiger partial charge >= 0.3 is 23.9 Å². The van der Waals surface area contributed by atoms with Crippen LogP contribution in [0.25, 0.3) is 0 Å². The molecule has 2 amide bonds. The van der Waals surface area contributed by atoms with Gasteiger partial charge in [0.05, 0.1) is 22.1 Å². The number of nitro benzene ring substituents is 1. The minimum atomic E-state index is -1.07. The van der Waals surface area contributed by atoms with Crippen molar-refractivity contribution in [3.8, 4) is 5.75 Å². The average molecular weight is 574 g/mol. The number of rotatable bonds is 11. The number of nitro groups is 1. The molecule has 1 aliphatic heterocycles. The molecule has 3 aromatic rings. The quantitative estimate of drug-likeness (QED) is 0.142. The summed E-state index contributed by atoms with van der Waals surface area (Å²) in [5, 5.41) is 22.8. The molecule has 0 aromatic heterocycles. The summed E-state index contributed by atoms with van der Waals surface area (Å²) in [4.78, 5) is 62.3. The van der Waals surface area contributed by atoms with Crippen LogP contribution in [0.5, 0.6) is 5.75 Å². The van der Waals surface area contributed by atoms with E-state index < -0.39 is 34.9 Å². The van der Waals surface area contributed by atoms with E-state index in [1.165, 1.54) is 35.2 Å². The third-order valence-electron chi connectivity index (χ3n) is 6.55. The number of hydrogen-bond acceptors (Lipinski definition) is 8. The number of carbonyl (C=O) groups excluding carboxylic acids is 3. The lowest BCUT2D eigenvalue weighted by Gasteiger charge is -2.35. The Morgan fingerprint density at radius 2 is 1.64 bits per heavy atom. The zero-order valence-corrected chi connectivity index (χ0v) is 22.5. The molecule has 12 nitrogen and oxygen atoms in total. The van der Waals surface area contributed by atoms with Gasteiger partial charge in [-0.2, -0.15) is 0 Å². The van der Waals surface area contributed by atoms with Crippen LogP contribution in [0, 0.1) is 10.1 Å². The number of allylic oxidation sites excluding steroid dienone is 1. The topological polar surface area (TPSA) is 165 Å². The fraction of sp³-hybridized carbons (Fsp3) is 0.200. The van der Waals surface area contributed by atoms with Crippen molar-refractivity contribution in [1.29, 1.82) is 0 Å². The van der Waals surface area contributed by atoms with E-state index in [4.69, 9.17) is 14.6 Å². The van der Waals surface area contributed by atoms with E-state index in [1.807, 2.05) is 6.07 Å². The molecule has 0 saturated heterocycles. The number of benzene rings is 3. The van der Waals surface area contributed by atoms with Gasteiger partial charge in [0.1, 0.15) is 12.4 Å². The summed E-state index contributed by atoms with van der Waals surface area (Å²) in [6.45, 7) is 1.58. The predicted octanol–water partition coefficient (Wildman–Crippen LogP) is 4.76. The largest absolute Gasteiger partial charge is 0.481 e. The molecule has 216 valence electrons. The van der Waals surface area contributed by atoms with Crippen LogP contribution in [0.3, 0.4) is 0 Å². The highest BCUT2D eigenvalue weighted by Gasteiger charge is 2.38. The van der Waals surface area contributed by atoms with E-state index in [1.54, 1.807) is 49.4 Å². The number of non-ortho nitro benzene ring substituents is 1. The van der Waals surface area contributed by atoms with Crippen molar-refractivity contribution in [1.82, 2.24) is 10.2 Å². The number of carboxylic acids is 1. The number of carbonyl (C=O) groups is 4. The van der Waals surface area contributed by atoms with Crippen LogP contribution in [0.15, 0.2) is 90.1 Å².